The lowest BCUT2D eigenvalue weighted by Gasteiger charge is -2.12. The highest BCUT2D eigenvalue weighted by Gasteiger charge is 2.14. The molecule has 78 valence electrons. The molecule has 0 amide bonds. The van der Waals surface area contributed by atoms with Crippen molar-refractivity contribution in [3.8, 4) is 0 Å². The molecule has 0 aliphatic heterocycles. The van der Waals surface area contributed by atoms with Crippen LogP contribution in [0.4, 0.5) is 11.5 Å². The van der Waals surface area contributed by atoms with Gasteiger partial charge in [-0.3, -0.25) is 5.10 Å². The number of hydrogen-bond acceptors (Lipinski definition) is 5. The van der Waals surface area contributed by atoms with Gasteiger partial charge >= 0.3 is 5.97 Å². The first-order chi connectivity index (χ1) is 6.65. The highest BCUT2D eigenvalue weighted by atomic mass is 16.5. The molecule has 1 aromatic rings. The van der Waals surface area contributed by atoms with E-state index in [1.165, 1.54) is 6.20 Å². The van der Waals surface area contributed by atoms with Crippen molar-refractivity contribution in [2.75, 3.05) is 17.7 Å². The summed E-state index contributed by atoms with van der Waals surface area (Å²) in [6.07, 6.45) is 1.52. The minimum Gasteiger partial charge on any atom is -0.464 e. The minimum atomic E-state index is -0.435. The second-order valence-corrected chi connectivity index (χ2v) is 2.82. The topological polar surface area (TPSA) is 93.0 Å². The van der Waals surface area contributed by atoms with Crippen LogP contribution in [-0.4, -0.2) is 28.8 Å². The van der Waals surface area contributed by atoms with Crippen molar-refractivity contribution in [3.63, 3.8) is 0 Å². The van der Waals surface area contributed by atoms with Crippen LogP contribution in [-0.2, 0) is 9.53 Å². The predicted molar refractivity (Wildman–Crippen MR) is 52.7 cm³/mol. The Balaban J connectivity index is 2.52. The van der Waals surface area contributed by atoms with Crippen LogP contribution >= 0.6 is 0 Å². The van der Waals surface area contributed by atoms with Crippen molar-refractivity contribution in [3.05, 3.63) is 6.20 Å². The number of ether oxygens (including phenoxy) is 1. The molecule has 0 saturated carbocycles. The summed E-state index contributed by atoms with van der Waals surface area (Å²) in [5.74, 6) is 0.0919. The summed E-state index contributed by atoms with van der Waals surface area (Å²) >= 11 is 0. The quantitative estimate of drug-likeness (QED) is 0.607. The number of hydrogen-bond donors (Lipinski definition) is 3. The maximum Gasteiger partial charge on any atom is 0.328 e. The summed E-state index contributed by atoms with van der Waals surface area (Å²) < 4.78 is 4.82. The van der Waals surface area contributed by atoms with Crippen molar-refractivity contribution >= 4 is 17.5 Å². The average molecular weight is 198 g/mol. The van der Waals surface area contributed by atoms with Gasteiger partial charge in [0.15, 0.2) is 0 Å². The molecule has 6 heteroatoms. The fourth-order valence-electron chi connectivity index (χ4n) is 0.971. The van der Waals surface area contributed by atoms with Gasteiger partial charge in [-0.25, -0.2) is 4.79 Å². The third kappa shape index (κ3) is 2.38. The van der Waals surface area contributed by atoms with E-state index >= 15 is 0 Å². The van der Waals surface area contributed by atoms with Gasteiger partial charge in [-0.1, -0.05) is 0 Å². The second kappa shape index (κ2) is 4.50. The largest absolute Gasteiger partial charge is 0.464 e. The summed E-state index contributed by atoms with van der Waals surface area (Å²) in [6.45, 7) is 3.83. The molecule has 0 spiro atoms. The summed E-state index contributed by atoms with van der Waals surface area (Å²) in [6, 6.07) is -0.435. The van der Waals surface area contributed by atoms with Gasteiger partial charge in [0.05, 0.1) is 18.5 Å². The molecule has 1 heterocycles. The van der Waals surface area contributed by atoms with Gasteiger partial charge in [0.2, 0.25) is 0 Å². The Hall–Kier alpha value is -1.72. The van der Waals surface area contributed by atoms with E-state index in [0.29, 0.717) is 18.1 Å². The summed E-state index contributed by atoms with van der Waals surface area (Å²) in [4.78, 5) is 11.2. The number of nitrogens with two attached hydrogens (primary N) is 1. The van der Waals surface area contributed by atoms with Crippen LogP contribution in [0.3, 0.4) is 0 Å². The number of aromatic amines is 1. The normalized spacial score (nSPS) is 12.1. The first-order valence-corrected chi connectivity index (χ1v) is 4.37. The standard InChI is InChI=1S/C8H14N4O2/c1-3-14-8(13)5(2)11-6-4-10-12-7(6)9/h4-5,11H,3H2,1-2H3,(H3,9,10,12). The Morgan fingerprint density at radius 2 is 2.57 bits per heavy atom. The van der Waals surface area contributed by atoms with E-state index in [4.69, 9.17) is 10.5 Å². The fourth-order valence-corrected chi connectivity index (χ4v) is 0.971. The molecule has 0 fully saturated rings. The van der Waals surface area contributed by atoms with Gasteiger partial charge in [0, 0.05) is 0 Å². The number of anilines is 2. The number of nitrogens with one attached hydrogen (secondary N) is 2. The maximum atomic E-state index is 11.2. The first-order valence-electron chi connectivity index (χ1n) is 4.37. The molecular weight excluding hydrogens is 184 g/mol. The molecular formula is C8H14N4O2. The number of nitrogens with zero attached hydrogens (tertiary/aromatic N) is 1. The van der Waals surface area contributed by atoms with Crippen LogP contribution in [0.15, 0.2) is 6.20 Å². The molecule has 0 saturated heterocycles. The molecule has 0 aliphatic carbocycles. The zero-order valence-corrected chi connectivity index (χ0v) is 8.20. The van der Waals surface area contributed by atoms with Crippen LogP contribution in [0.5, 0.6) is 0 Å². The lowest BCUT2D eigenvalue weighted by Crippen LogP contribution is -2.28. The molecule has 1 atom stereocenters. The zero-order valence-electron chi connectivity index (χ0n) is 8.20. The van der Waals surface area contributed by atoms with Crippen LogP contribution in [0, 0.1) is 0 Å². The molecule has 6 nitrogen and oxygen atoms in total. The van der Waals surface area contributed by atoms with Gasteiger partial charge in [-0.15, -0.1) is 0 Å². The Kier molecular flexibility index (Phi) is 3.33. The fraction of sp³-hybridized carbons (Fsp3) is 0.500. The van der Waals surface area contributed by atoms with Crippen LogP contribution < -0.4 is 11.1 Å². The SMILES string of the molecule is CCOC(=O)C(C)Nc1cn[nH]c1N. The molecule has 0 bridgehead atoms. The van der Waals surface area contributed by atoms with E-state index in [-0.39, 0.29) is 5.97 Å². The summed E-state index contributed by atoms with van der Waals surface area (Å²) in [5, 5.41) is 9.15. The lowest BCUT2D eigenvalue weighted by molar-refractivity contribution is -0.143. The van der Waals surface area contributed by atoms with E-state index in [1.54, 1.807) is 13.8 Å². The van der Waals surface area contributed by atoms with E-state index in [1.807, 2.05) is 0 Å². The van der Waals surface area contributed by atoms with Gasteiger partial charge in [-0.05, 0) is 13.8 Å². The highest BCUT2D eigenvalue weighted by molar-refractivity contribution is 5.80. The number of nitrogen functional groups attached to an aromatic ring is 1. The van der Waals surface area contributed by atoms with Crippen molar-refractivity contribution in [1.29, 1.82) is 0 Å². The molecule has 1 unspecified atom stereocenters. The van der Waals surface area contributed by atoms with Crippen molar-refractivity contribution in [2.45, 2.75) is 19.9 Å². The minimum absolute atomic E-state index is 0.312. The van der Waals surface area contributed by atoms with Crippen LogP contribution in [0.1, 0.15) is 13.8 Å². The first kappa shape index (κ1) is 10.4. The molecule has 1 rings (SSSR count). The number of rotatable bonds is 4. The number of aromatic nitrogens is 2. The monoisotopic (exact) mass is 198 g/mol. The molecule has 4 N–H and O–H groups in total. The highest BCUT2D eigenvalue weighted by Crippen LogP contribution is 2.14. The number of H-pyrrole nitrogens is 1. The van der Waals surface area contributed by atoms with Crippen molar-refractivity contribution < 1.29 is 9.53 Å². The van der Waals surface area contributed by atoms with Crippen molar-refractivity contribution in [1.82, 2.24) is 10.2 Å². The third-order valence-corrected chi connectivity index (χ3v) is 1.68. The van der Waals surface area contributed by atoms with Crippen LogP contribution in [0.25, 0.3) is 0 Å². The average Bonchev–Trinajstić information content (AvgIpc) is 2.52. The second-order valence-electron chi connectivity index (χ2n) is 2.82. The molecule has 1 aromatic heterocycles. The molecule has 14 heavy (non-hydrogen) atoms. The number of carbonyl (C=O) groups excluding carboxylic acids is 1. The number of esters is 1. The third-order valence-electron chi connectivity index (χ3n) is 1.68. The Labute approximate surface area is 81.8 Å². The van der Waals surface area contributed by atoms with Crippen LogP contribution in [0.2, 0.25) is 0 Å². The zero-order chi connectivity index (χ0) is 10.6. The van der Waals surface area contributed by atoms with Gasteiger partial charge in [-0.2, -0.15) is 5.10 Å². The Bertz CT molecular complexity index is 310. The molecule has 0 aliphatic rings. The Morgan fingerprint density at radius 3 is 3.07 bits per heavy atom. The molecule has 0 radical (unpaired) electrons. The number of carbonyl (C=O) groups is 1. The maximum absolute atomic E-state index is 11.2. The predicted octanol–water partition coefficient (Wildman–Crippen LogP) is 0.355. The van der Waals surface area contributed by atoms with E-state index < -0.39 is 6.04 Å². The van der Waals surface area contributed by atoms with E-state index in [0.717, 1.165) is 0 Å². The Morgan fingerprint density at radius 1 is 1.86 bits per heavy atom. The van der Waals surface area contributed by atoms with Gasteiger partial charge in [0.25, 0.3) is 0 Å². The van der Waals surface area contributed by atoms with Crippen molar-refractivity contribution in [2.24, 2.45) is 0 Å². The van der Waals surface area contributed by atoms with E-state index in [2.05, 4.69) is 15.5 Å². The summed E-state index contributed by atoms with van der Waals surface area (Å²) in [5.41, 5.74) is 6.13. The smallest absolute Gasteiger partial charge is 0.328 e. The molecule has 0 aromatic carbocycles. The van der Waals surface area contributed by atoms with Gasteiger partial charge in [0.1, 0.15) is 11.9 Å². The lowest BCUT2D eigenvalue weighted by atomic mass is 10.3. The van der Waals surface area contributed by atoms with E-state index in [9.17, 15) is 4.79 Å². The van der Waals surface area contributed by atoms with Gasteiger partial charge < -0.3 is 15.8 Å². The summed E-state index contributed by atoms with van der Waals surface area (Å²) in [7, 11) is 0.